The van der Waals surface area contributed by atoms with Gasteiger partial charge >= 0.3 is 6.03 Å². The molecule has 1 aromatic heterocycles. The first-order valence-corrected chi connectivity index (χ1v) is 9.37. The quantitative estimate of drug-likeness (QED) is 0.694. The molecule has 5 rings (SSSR count). The number of rotatable bonds is 2. The summed E-state index contributed by atoms with van der Waals surface area (Å²) in [6, 6.07) is 13.1. The number of hydrogen-bond acceptors (Lipinski definition) is 3. The van der Waals surface area contributed by atoms with Crippen LogP contribution in [0.15, 0.2) is 42.5 Å². The van der Waals surface area contributed by atoms with Gasteiger partial charge in [0.15, 0.2) is 5.54 Å². The van der Waals surface area contributed by atoms with E-state index in [4.69, 9.17) is 4.74 Å². The van der Waals surface area contributed by atoms with Crippen molar-refractivity contribution >= 4 is 28.5 Å². The number of nitrogens with one attached hydrogen (secondary N) is 1. The molecule has 1 atom stereocenters. The summed E-state index contributed by atoms with van der Waals surface area (Å²) >= 11 is 0. The van der Waals surface area contributed by atoms with Crippen LogP contribution in [0, 0.1) is 6.92 Å². The number of carbonyl (C=O) groups is 2. The highest BCUT2D eigenvalue weighted by atomic mass is 16.5. The number of benzene rings is 2. The Balaban J connectivity index is 1.68. The summed E-state index contributed by atoms with van der Waals surface area (Å²) in [6.45, 7) is 4.29. The van der Waals surface area contributed by atoms with Gasteiger partial charge in [-0.25, -0.2) is 9.69 Å². The number of methoxy groups -OCH3 is 1. The third-order valence-electron chi connectivity index (χ3n) is 6.03. The second kappa shape index (κ2) is 5.61. The number of hydrogen-bond donors (Lipinski definition) is 1. The van der Waals surface area contributed by atoms with Gasteiger partial charge in [-0.1, -0.05) is 12.1 Å². The number of aryl methyl sites for hydroxylation is 1. The Kier molecular flexibility index (Phi) is 3.38. The molecular weight excluding hydrogens is 354 g/mol. The fraction of sp³-hybridized carbons (Fsp3) is 0.273. The molecule has 6 nitrogen and oxygen atoms in total. The number of imide groups is 1. The number of nitrogens with zero attached hydrogens (tertiary/aromatic N) is 2. The number of urea groups is 1. The maximum Gasteiger partial charge on any atom is 0.332 e. The van der Waals surface area contributed by atoms with Gasteiger partial charge in [0, 0.05) is 17.4 Å². The van der Waals surface area contributed by atoms with E-state index < -0.39 is 5.54 Å². The van der Waals surface area contributed by atoms with Crippen LogP contribution in [0.2, 0.25) is 0 Å². The smallest absolute Gasteiger partial charge is 0.332 e. The first-order chi connectivity index (χ1) is 13.4. The van der Waals surface area contributed by atoms with E-state index in [0.29, 0.717) is 18.7 Å². The first-order valence-electron chi connectivity index (χ1n) is 9.37. The molecule has 3 aromatic rings. The molecule has 2 aliphatic rings. The summed E-state index contributed by atoms with van der Waals surface area (Å²) in [5, 5.41) is 1.05. The van der Waals surface area contributed by atoms with Crippen LogP contribution in [-0.4, -0.2) is 35.5 Å². The van der Waals surface area contributed by atoms with Gasteiger partial charge < -0.3 is 14.6 Å². The predicted molar refractivity (Wildman–Crippen MR) is 107 cm³/mol. The third-order valence-corrected chi connectivity index (χ3v) is 6.03. The largest absolute Gasteiger partial charge is 0.497 e. The number of aromatic amines is 1. The van der Waals surface area contributed by atoms with Gasteiger partial charge in [-0.2, -0.15) is 0 Å². The zero-order valence-electron chi connectivity index (χ0n) is 16.1. The van der Waals surface area contributed by atoms with Crippen molar-refractivity contribution in [2.75, 3.05) is 18.6 Å². The van der Waals surface area contributed by atoms with Gasteiger partial charge in [-0.05, 0) is 61.7 Å². The Morgan fingerprint density at radius 2 is 1.96 bits per heavy atom. The molecule has 0 unspecified atom stereocenters. The normalized spacial score (nSPS) is 21.2. The van der Waals surface area contributed by atoms with Gasteiger partial charge in [-0.3, -0.25) is 4.79 Å². The predicted octanol–water partition coefficient (Wildman–Crippen LogP) is 3.73. The van der Waals surface area contributed by atoms with Crippen LogP contribution >= 0.6 is 0 Å². The minimum absolute atomic E-state index is 0.220. The Morgan fingerprint density at radius 3 is 2.71 bits per heavy atom. The lowest BCUT2D eigenvalue weighted by molar-refractivity contribution is -0.125. The molecule has 1 fully saturated rings. The van der Waals surface area contributed by atoms with Crippen molar-refractivity contribution in [3.8, 4) is 5.75 Å². The monoisotopic (exact) mass is 375 g/mol. The Hall–Kier alpha value is -3.28. The van der Waals surface area contributed by atoms with Crippen LogP contribution in [-0.2, 0) is 16.8 Å². The number of fused-ring (bicyclic) bond motifs is 5. The summed E-state index contributed by atoms with van der Waals surface area (Å²) in [7, 11) is 1.64. The summed E-state index contributed by atoms with van der Waals surface area (Å²) in [5.41, 5.74) is 3.41. The van der Waals surface area contributed by atoms with Crippen LogP contribution in [0.25, 0.3) is 10.9 Å². The lowest BCUT2D eigenvalue weighted by Crippen LogP contribution is -2.49. The third kappa shape index (κ3) is 2.03. The number of carbonyl (C=O) groups excluding carboxylic acids is 2. The molecule has 3 amide bonds. The van der Waals surface area contributed by atoms with Crippen molar-refractivity contribution in [1.29, 1.82) is 0 Å². The lowest BCUT2D eigenvalue weighted by atomic mass is 9.87. The topological polar surface area (TPSA) is 65.6 Å². The first kappa shape index (κ1) is 16.9. The molecule has 1 saturated heterocycles. The zero-order valence-corrected chi connectivity index (χ0v) is 16.1. The fourth-order valence-electron chi connectivity index (χ4n) is 4.54. The lowest BCUT2D eigenvalue weighted by Gasteiger charge is -2.35. The van der Waals surface area contributed by atoms with Crippen molar-refractivity contribution in [3.05, 3.63) is 59.3 Å². The Labute approximate surface area is 162 Å². The maximum atomic E-state index is 13.6. The van der Waals surface area contributed by atoms with Crippen LogP contribution < -0.4 is 9.64 Å². The molecule has 0 saturated carbocycles. The molecule has 0 aliphatic carbocycles. The van der Waals surface area contributed by atoms with Crippen molar-refractivity contribution in [3.63, 3.8) is 0 Å². The average molecular weight is 375 g/mol. The molecule has 2 aliphatic heterocycles. The fourth-order valence-corrected chi connectivity index (χ4v) is 4.54. The maximum absolute atomic E-state index is 13.6. The molecule has 3 heterocycles. The van der Waals surface area contributed by atoms with Crippen molar-refractivity contribution < 1.29 is 14.3 Å². The van der Waals surface area contributed by atoms with Crippen LogP contribution in [0.5, 0.6) is 5.75 Å². The van der Waals surface area contributed by atoms with Crippen LogP contribution in [0.4, 0.5) is 10.5 Å². The number of anilines is 1. The summed E-state index contributed by atoms with van der Waals surface area (Å²) < 4.78 is 5.37. The van der Waals surface area contributed by atoms with E-state index in [9.17, 15) is 9.59 Å². The standard InChI is InChI=1S/C22H21N3O3/c1-13-5-4-6-14(11-13)25-20(26)22(2)19-16(9-10-24(22)21(25)27)17-12-15(28-3)7-8-18(17)23-19/h4-8,11-12,23H,9-10H2,1-3H3/t22-/m0/s1. The number of ether oxygens (including phenoxy) is 1. The van der Waals surface area contributed by atoms with E-state index in [1.165, 1.54) is 4.90 Å². The molecule has 0 bridgehead atoms. The Bertz CT molecular complexity index is 1150. The van der Waals surface area contributed by atoms with Crippen molar-refractivity contribution in [2.24, 2.45) is 0 Å². The van der Waals surface area contributed by atoms with Crippen LogP contribution in [0.1, 0.15) is 23.7 Å². The van der Waals surface area contributed by atoms with E-state index in [0.717, 1.165) is 33.5 Å². The number of H-pyrrole nitrogens is 1. The van der Waals surface area contributed by atoms with E-state index in [-0.39, 0.29) is 11.9 Å². The highest BCUT2D eigenvalue weighted by Crippen LogP contribution is 2.45. The molecule has 0 radical (unpaired) electrons. The zero-order chi connectivity index (χ0) is 19.6. The number of aromatic nitrogens is 1. The molecule has 1 N–H and O–H groups in total. The minimum Gasteiger partial charge on any atom is -0.497 e. The molecule has 2 aromatic carbocycles. The second-order valence-corrected chi connectivity index (χ2v) is 7.63. The van der Waals surface area contributed by atoms with Gasteiger partial charge in [0.1, 0.15) is 5.75 Å². The van der Waals surface area contributed by atoms with E-state index in [1.54, 1.807) is 12.0 Å². The molecular formula is C22H21N3O3. The summed E-state index contributed by atoms with van der Waals surface area (Å²) in [5.74, 6) is 0.555. The van der Waals surface area contributed by atoms with Gasteiger partial charge in [-0.15, -0.1) is 0 Å². The molecule has 142 valence electrons. The Morgan fingerprint density at radius 1 is 1.14 bits per heavy atom. The van der Waals surface area contributed by atoms with E-state index in [1.807, 2.05) is 56.3 Å². The molecule has 28 heavy (non-hydrogen) atoms. The minimum atomic E-state index is -1.04. The summed E-state index contributed by atoms with van der Waals surface area (Å²) in [4.78, 5) is 33.2. The highest BCUT2D eigenvalue weighted by Gasteiger charge is 2.59. The molecule has 6 heteroatoms. The molecule has 0 spiro atoms. The SMILES string of the molecule is COc1ccc2[nH]c3c(c2c1)CCN1C(=O)N(c2cccc(C)c2)C(=O)[C@]31C. The van der Waals surface area contributed by atoms with Crippen LogP contribution in [0.3, 0.4) is 0 Å². The van der Waals surface area contributed by atoms with Gasteiger partial charge in [0.05, 0.1) is 18.5 Å². The van der Waals surface area contributed by atoms with Gasteiger partial charge in [0.25, 0.3) is 5.91 Å². The number of amides is 3. The highest BCUT2D eigenvalue weighted by molar-refractivity contribution is 6.23. The average Bonchev–Trinajstić information content (AvgIpc) is 3.15. The summed E-state index contributed by atoms with van der Waals surface area (Å²) in [6.07, 6.45) is 0.693. The van der Waals surface area contributed by atoms with Crippen molar-refractivity contribution in [2.45, 2.75) is 25.8 Å². The second-order valence-electron chi connectivity index (χ2n) is 7.63. The van der Waals surface area contributed by atoms with Gasteiger partial charge in [0.2, 0.25) is 0 Å². The van der Waals surface area contributed by atoms with E-state index in [2.05, 4.69) is 4.98 Å². The van der Waals surface area contributed by atoms with E-state index >= 15 is 0 Å². The van der Waals surface area contributed by atoms with Crippen molar-refractivity contribution in [1.82, 2.24) is 9.88 Å².